The van der Waals surface area contributed by atoms with Crippen LogP contribution in [0, 0.1) is 11.7 Å². The Morgan fingerprint density at radius 1 is 1.17 bits per heavy atom. The maximum absolute atomic E-state index is 13.3. The van der Waals surface area contributed by atoms with E-state index in [1.165, 1.54) is 12.1 Å². The van der Waals surface area contributed by atoms with Crippen molar-refractivity contribution in [3.63, 3.8) is 0 Å². The Bertz CT molecular complexity index is 803. The highest BCUT2D eigenvalue weighted by molar-refractivity contribution is 7.09. The van der Waals surface area contributed by atoms with Gasteiger partial charge < -0.3 is 9.80 Å². The van der Waals surface area contributed by atoms with Crippen molar-refractivity contribution in [2.24, 2.45) is 5.92 Å². The van der Waals surface area contributed by atoms with Gasteiger partial charge in [-0.1, -0.05) is 31.5 Å². The van der Waals surface area contributed by atoms with Crippen molar-refractivity contribution in [1.29, 1.82) is 0 Å². The maximum atomic E-state index is 13.3. The monoisotopic (exact) mass is 416 g/mol. The van der Waals surface area contributed by atoms with Crippen LogP contribution in [0.1, 0.15) is 50.0 Å². The minimum atomic E-state index is -0.293. The van der Waals surface area contributed by atoms with Gasteiger partial charge in [-0.2, -0.15) is 0 Å². The number of hydrogen-bond acceptors (Lipinski definition) is 3. The number of thiophene rings is 1. The van der Waals surface area contributed by atoms with E-state index in [1.807, 2.05) is 31.4 Å². The van der Waals surface area contributed by atoms with Crippen LogP contribution in [0.2, 0.25) is 0 Å². The van der Waals surface area contributed by atoms with Crippen molar-refractivity contribution in [1.82, 2.24) is 9.80 Å². The predicted molar refractivity (Wildman–Crippen MR) is 114 cm³/mol. The quantitative estimate of drug-likeness (QED) is 0.587. The zero-order valence-electron chi connectivity index (χ0n) is 17.1. The lowest BCUT2D eigenvalue weighted by Gasteiger charge is -2.36. The third-order valence-corrected chi connectivity index (χ3v) is 6.59. The molecule has 1 aromatic carbocycles. The summed E-state index contributed by atoms with van der Waals surface area (Å²) >= 11 is 1.60. The average Bonchev–Trinajstić information content (AvgIpc) is 3.18. The standard InChI is InChI=1S/C23H29FN2O2S/c1-3-17(2)26(23(28)19-6-4-7-19)16-22(27)25(15-21-8-5-13-29-21)14-18-9-11-20(24)12-10-18/h5,8-13,17,19H,3-4,6-7,14-16H2,1-2H3/t17-/m0/s1. The third kappa shape index (κ3) is 5.66. The summed E-state index contributed by atoms with van der Waals surface area (Å²) in [5.41, 5.74) is 0.872. The van der Waals surface area contributed by atoms with Gasteiger partial charge in [0.15, 0.2) is 0 Å². The first-order chi connectivity index (χ1) is 14.0. The van der Waals surface area contributed by atoms with Crippen molar-refractivity contribution in [2.75, 3.05) is 6.54 Å². The van der Waals surface area contributed by atoms with E-state index in [-0.39, 0.29) is 36.1 Å². The molecule has 29 heavy (non-hydrogen) atoms. The molecule has 0 aliphatic heterocycles. The Hall–Kier alpha value is -2.21. The van der Waals surface area contributed by atoms with Crippen LogP contribution in [0.4, 0.5) is 4.39 Å². The van der Waals surface area contributed by atoms with Gasteiger partial charge in [-0.15, -0.1) is 11.3 Å². The highest BCUT2D eigenvalue weighted by atomic mass is 32.1. The van der Waals surface area contributed by atoms with E-state index in [9.17, 15) is 14.0 Å². The molecular weight excluding hydrogens is 387 g/mol. The molecule has 1 aliphatic rings. The molecule has 2 aromatic rings. The van der Waals surface area contributed by atoms with E-state index >= 15 is 0 Å². The lowest BCUT2D eigenvalue weighted by atomic mass is 9.84. The second-order valence-electron chi connectivity index (χ2n) is 7.81. The Morgan fingerprint density at radius 3 is 2.45 bits per heavy atom. The number of amides is 2. The normalized spacial score (nSPS) is 14.9. The molecule has 2 amide bonds. The zero-order valence-corrected chi connectivity index (χ0v) is 18.0. The molecule has 1 heterocycles. The first kappa shape index (κ1) is 21.5. The van der Waals surface area contributed by atoms with E-state index in [0.29, 0.717) is 13.1 Å². The van der Waals surface area contributed by atoms with Crippen LogP contribution in [0.15, 0.2) is 41.8 Å². The van der Waals surface area contributed by atoms with Crippen LogP contribution in [-0.2, 0) is 22.7 Å². The molecule has 0 radical (unpaired) electrons. The smallest absolute Gasteiger partial charge is 0.242 e. The molecule has 0 bridgehead atoms. The number of carbonyl (C=O) groups is 2. The molecule has 1 atom stereocenters. The molecular formula is C23H29FN2O2S. The van der Waals surface area contributed by atoms with Gasteiger partial charge in [0, 0.05) is 23.4 Å². The molecule has 1 saturated carbocycles. The third-order valence-electron chi connectivity index (χ3n) is 5.73. The molecule has 156 valence electrons. The first-order valence-electron chi connectivity index (χ1n) is 10.3. The van der Waals surface area contributed by atoms with Gasteiger partial charge in [-0.3, -0.25) is 9.59 Å². The Labute approximate surface area is 176 Å². The van der Waals surface area contributed by atoms with Crippen molar-refractivity contribution >= 4 is 23.2 Å². The Kier molecular flexibility index (Phi) is 7.42. The molecule has 6 heteroatoms. The highest BCUT2D eigenvalue weighted by Gasteiger charge is 2.33. The van der Waals surface area contributed by atoms with Crippen LogP contribution in [-0.4, -0.2) is 34.2 Å². The van der Waals surface area contributed by atoms with Crippen LogP contribution in [0.5, 0.6) is 0 Å². The SMILES string of the molecule is CC[C@H](C)N(CC(=O)N(Cc1ccc(F)cc1)Cc1cccs1)C(=O)C1CCC1. The van der Waals surface area contributed by atoms with Gasteiger partial charge in [-0.25, -0.2) is 4.39 Å². The summed E-state index contributed by atoms with van der Waals surface area (Å²) in [6, 6.07) is 10.2. The molecule has 1 aromatic heterocycles. The Morgan fingerprint density at radius 2 is 1.90 bits per heavy atom. The molecule has 0 spiro atoms. The number of hydrogen-bond donors (Lipinski definition) is 0. The second kappa shape index (κ2) is 10.0. The number of halogens is 1. The fraction of sp³-hybridized carbons (Fsp3) is 0.478. The van der Waals surface area contributed by atoms with Gasteiger partial charge >= 0.3 is 0 Å². The van der Waals surface area contributed by atoms with E-state index in [1.54, 1.807) is 33.3 Å². The summed E-state index contributed by atoms with van der Waals surface area (Å²) < 4.78 is 13.3. The van der Waals surface area contributed by atoms with Crippen molar-refractivity contribution in [2.45, 2.75) is 58.7 Å². The number of benzene rings is 1. The first-order valence-corrected chi connectivity index (χ1v) is 11.2. The molecule has 1 aliphatic carbocycles. The van der Waals surface area contributed by atoms with Crippen molar-refractivity contribution < 1.29 is 14.0 Å². The van der Waals surface area contributed by atoms with E-state index in [4.69, 9.17) is 0 Å². The Balaban J connectivity index is 1.75. The summed E-state index contributed by atoms with van der Waals surface area (Å²) in [7, 11) is 0. The van der Waals surface area contributed by atoms with E-state index in [2.05, 4.69) is 0 Å². The van der Waals surface area contributed by atoms with Gasteiger partial charge in [0.1, 0.15) is 12.4 Å². The van der Waals surface area contributed by atoms with Gasteiger partial charge in [-0.05, 0) is 55.3 Å². The molecule has 0 unspecified atom stereocenters. The predicted octanol–water partition coefficient (Wildman–Crippen LogP) is 4.84. The number of carbonyl (C=O) groups excluding carboxylic acids is 2. The van der Waals surface area contributed by atoms with Crippen LogP contribution >= 0.6 is 11.3 Å². The minimum Gasteiger partial charge on any atom is -0.332 e. The lowest BCUT2D eigenvalue weighted by molar-refractivity contribution is -0.147. The molecule has 1 fully saturated rings. The topological polar surface area (TPSA) is 40.6 Å². The highest BCUT2D eigenvalue weighted by Crippen LogP contribution is 2.29. The largest absolute Gasteiger partial charge is 0.332 e. The number of nitrogens with zero attached hydrogens (tertiary/aromatic N) is 2. The van der Waals surface area contributed by atoms with Crippen LogP contribution < -0.4 is 0 Å². The lowest BCUT2D eigenvalue weighted by Crippen LogP contribution is -2.49. The molecule has 0 N–H and O–H groups in total. The zero-order chi connectivity index (χ0) is 20.8. The summed E-state index contributed by atoms with van der Waals surface area (Å²) in [5.74, 6) is -0.189. The van der Waals surface area contributed by atoms with Gasteiger partial charge in [0.05, 0.1) is 6.54 Å². The summed E-state index contributed by atoms with van der Waals surface area (Å²) in [6.45, 7) is 5.02. The number of rotatable bonds is 9. The van der Waals surface area contributed by atoms with Crippen LogP contribution in [0.25, 0.3) is 0 Å². The van der Waals surface area contributed by atoms with Crippen molar-refractivity contribution in [3.8, 4) is 0 Å². The molecule has 0 saturated heterocycles. The van der Waals surface area contributed by atoms with Gasteiger partial charge in [0.25, 0.3) is 0 Å². The van der Waals surface area contributed by atoms with E-state index < -0.39 is 0 Å². The van der Waals surface area contributed by atoms with Crippen molar-refractivity contribution in [3.05, 3.63) is 58.0 Å². The second-order valence-corrected chi connectivity index (χ2v) is 8.84. The average molecular weight is 417 g/mol. The maximum Gasteiger partial charge on any atom is 0.242 e. The fourth-order valence-electron chi connectivity index (χ4n) is 3.44. The fourth-order valence-corrected chi connectivity index (χ4v) is 4.16. The molecule has 4 nitrogen and oxygen atoms in total. The minimum absolute atomic E-state index is 0.0291. The van der Waals surface area contributed by atoms with E-state index in [0.717, 1.165) is 36.1 Å². The van der Waals surface area contributed by atoms with Gasteiger partial charge in [0.2, 0.25) is 11.8 Å². The summed E-state index contributed by atoms with van der Waals surface area (Å²) in [5, 5.41) is 1.99. The summed E-state index contributed by atoms with van der Waals surface area (Å²) in [4.78, 5) is 30.8. The summed E-state index contributed by atoms with van der Waals surface area (Å²) in [6.07, 6.45) is 3.76. The molecule has 3 rings (SSSR count). The van der Waals surface area contributed by atoms with Crippen LogP contribution in [0.3, 0.4) is 0 Å².